The van der Waals surface area contributed by atoms with Crippen molar-refractivity contribution in [1.29, 1.82) is 0 Å². The molecule has 0 fully saturated rings. The van der Waals surface area contributed by atoms with Gasteiger partial charge in [0.05, 0.1) is 18.3 Å². The van der Waals surface area contributed by atoms with Crippen LogP contribution in [0.4, 0.5) is 0 Å². The molecule has 2 heterocycles. The maximum Gasteiger partial charge on any atom is 0.223 e. The van der Waals surface area contributed by atoms with Crippen LogP contribution >= 0.6 is 0 Å². The maximum absolute atomic E-state index is 10.6. The van der Waals surface area contributed by atoms with Gasteiger partial charge in [-0.05, 0) is 0 Å². The predicted molar refractivity (Wildman–Crippen MR) is 44.6 cm³/mol. The van der Waals surface area contributed by atoms with Crippen LogP contribution in [0.3, 0.4) is 0 Å². The van der Waals surface area contributed by atoms with Gasteiger partial charge in [0.1, 0.15) is 17.4 Å². The number of carbonyl (C=O) groups is 1. The van der Waals surface area contributed by atoms with Crippen molar-refractivity contribution >= 4 is 16.9 Å². The van der Waals surface area contributed by atoms with E-state index in [0.717, 1.165) is 0 Å². The molecule has 3 N–H and O–H groups in total. The Bertz CT molecular complexity index is 449. The molecule has 6 heteroatoms. The van der Waals surface area contributed by atoms with Crippen molar-refractivity contribution in [2.45, 2.75) is 6.42 Å². The van der Waals surface area contributed by atoms with E-state index in [1.165, 1.54) is 6.33 Å². The zero-order chi connectivity index (χ0) is 9.26. The largest absolute Gasteiger partial charge is 0.369 e. The number of hydrogen-bond donors (Lipinski definition) is 2. The molecule has 0 atom stereocenters. The highest BCUT2D eigenvalue weighted by Gasteiger charge is 2.07. The molecule has 0 aliphatic rings. The number of hydrogen-bond acceptors (Lipinski definition) is 4. The van der Waals surface area contributed by atoms with E-state index in [0.29, 0.717) is 16.7 Å². The number of aromatic amines is 1. The molecule has 0 bridgehead atoms. The summed E-state index contributed by atoms with van der Waals surface area (Å²) in [6.45, 7) is 0. The molecule has 0 spiro atoms. The van der Waals surface area contributed by atoms with Gasteiger partial charge in [-0.15, -0.1) is 0 Å². The number of carbonyl (C=O) groups excluding carboxylic acids is 1. The van der Waals surface area contributed by atoms with Crippen molar-refractivity contribution in [1.82, 2.24) is 20.2 Å². The summed E-state index contributed by atoms with van der Waals surface area (Å²) >= 11 is 0. The lowest BCUT2D eigenvalue weighted by molar-refractivity contribution is -0.117. The highest BCUT2D eigenvalue weighted by Crippen LogP contribution is 2.10. The van der Waals surface area contributed by atoms with Gasteiger partial charge >= 0.3 is 0 Å². The van der Waals surface area contributed by atoms with Gasteiger partial charge in [0.15, 0.2) is 0 Å². The van der Waals surface area contributed by atoms with Crippen molar-refractivity contribution in [3.8, 4) is 0 Å². The van der Waals surface area contributed by atoms with Gasteiger partial charge in [-0.1, -0.05) is 0 Å². The molecule has 0 saturated carbocycles. The number of fused-ring (bicyclic) bond motifs is 1. The Kier molecular flexibility index (Phi) is 1.66. The number of amides is 1. The summed E-state index contributed by atoms with van der Waals surface area (Å²) in [5, 5.41) is 6.61. The van der Waals surface area contributed by atoms with Gasteiger partial charge in [0, 0.05) is 0 Å². The van der Waals surface area contributed by atoms with Gasteiger partial charge < -0.3 is 5.73 Å². The molecule has 0 unspecified atom stereocenters. The number of nitrogens with one attached hydrogen (secondary N) is 1. The van der Waals surface area contributed by atoms with Crippen molar-refractivity contribution in [2.24, 2.45) is 5.73 Å². The molecule has 2 aromatic rings. The molecule has 2 aromatic heterocycles. The third kappa shape index (κ3) is 1.33. The summed E-state index contributed by atoms with van der Waals surface area (Å²) < 4.78 is 0. The van der Waals surface area contributed by atoms with Crippen LogP contribution in [0.5, 0.6) is 0 Å². The van der Waals surface area contributed by atoms with Crippen LogP contribution in [0.1, 0.15) is 5.69 Å². The van der Waals surface area contributed by atoms with Crippen LogP contribution in [0.25, 0.3) is 11.0 Å². The summed E-state index contributed by atoms with van der Waals surface area (Å²) in [4.78, 5) is 18.4. The first-order valence-corrected chi connectivity index (χ1v) is 3.68. The lowest BCUT2D eigenvalue weighted by Gasteiger charge is -1.91. The van der Waals surface area contributed by atoms with E-state index >= 15 is 0 Å². The number of H-pyrrole nitrogens is 1. The fourth-order valence-corrected chi connectivity index (χ4v) is 1.11. The smallest absolute Gasteiger partial charge is 0.223 e. The monoisotopic (exact) mass is 177 g/mol. The number of nitrogens with two attached hydrogens (primary N) is 1. The van der Waals surface area contributed by atoms with E-state index in [4.69, 9.17) is 5.73 Å². The van der Waals surface area contributed by atoms with Gasteiger partial charge in [-0.3, -0.25) is 9.89 Å². The second-order valence-corrected chi connectivity index (χ2v) is 2.60. The van der Waals surface area contributed by atoms with Gasteiger partial charge in [0.2, 0.25) is 5.91 Å². The Balaban J connectivity index is 2.51. The van der Waals surface area contributed by atoms with E-state index in [-0.39, 0.29) is 6.42 Å². The third-order valence-electron chi connectivity index (χ3n) is 1.64. The normalized spacial score (nSPS) is 10.5. The van der Waals surface area contributed by atoms with E-state index in [2.05, 4.69) is 20.2 Å². The first-order valence-electron chi connectivity index (χ1n) is 3.68. The minimum Gasteiger partial charge on any atom is -0.369 e. The fourth-order valence-electron chi connectivity index (χ4n) is 1.11. The summed E-state index contributed by atoms with van der Waals surface area (Å²) in [5.41, 5.74) is 6.96. The van der Waals surface area contributed by atoms with Gasteiger partial charge in [0.25, 0.3) is 0 Å². The molecule has 13 heavy (non-hydrogen) atoms. The Morgan fingerprint density at radius 2 is 2.46 bits per heavy atom. The average Bonchev–Trinajstić information content (AvgIpc) is 2.48. The second-order valence-electron chi connectivity index (χ2n) is 2.60. The van der Waals surface area contributed by atoms with Crippen LogP contribution in [0, 0.1) is 0 Å². The highest BCUT2D eigenvalue weighted by molar-refractivity contribution is 5.83. The SMILES string of the molecule is NC(=O)Cc1[nH]nc2cncnc12. The van der Waals surface area contributed by atoms with Crippen LogP contribution < -0.4 is 5.73 Å². The number of primary amides is 1. The van der Waals surface area contributed by atoms with E-state index < -0.39 is 5.91 Å². The standard InChI is InChI=1S/C7H7N5O/c8-6(13)1-4-7-5(12-11-4)2-9-3-10-7/h2-3H,1H2,(H2,8,13)(H,11,12). The average molecular weight is 177 g/mol. The first-order chi connectivity index (χ1) is 6.27. The highest BCUT2D eigenvalue weighted by atomic mass is 16.1. The second kappa shape index (κ2) is 2.81. The zero-order valence-corrected chi connectivity index (χ0v) is 6.69. The number of aromatic nitrogens is 4. The minimum atomic E-state index is -0.413. The number of nitrogens with zero attached hydrogens (tertiary/aromatic N) is 3. The van der Waals surface area contributed by atoms with Crippen molar-refractivity contribution < 1.29 is 4.79 Å². The van der Waals surface area contributed by atoms with E-state index in [1.807, 2.05) is 0 Å². The Morgan fingerprint density at radius 3 is 3.23 bits per heavy atom. The Hall–Kier alpha value is -1.98. The molecule has 0 aromatic carbocycles. The summed E-state index contributed by atoms with van der Waals surface area (Å²) in [6.07, 6.45) is 3.10. The molecule has 6 nitrogen and oxygen atoms in total. The molecule has 2 rings (SSSR count). The predicted octanol–water partition coefficient (Wildman–Crippen LogP) is -0.619. The number of rotatable bonds is 2. The minimum absolute atomic E-state index is 0.119. The maximum atomic E-state index is 10.6. The van der Waals surface area contributed by atoms with Crippen LogP contribution in [0.2, 0.25) is 0 Å². The zero-order valence-electron chi connectivity index (χ0n) is 6.69. The molecule has 66 valence electrons. The van der Waals surface area contributed by atoms with Crippen LogP contribution in [0.15, 0.2) is 12.5 Å². The Morgan fingerprint density at radius 1 is 1.62 bits per heavy atom. The van der Waals surface area contributed by atoms with Crippen molar-refractivity contribution in [2.75, 3.05) is 0 Å². The lowest BCUT2D eigenvalue weighted by Crippen LogP contribution is -2.14. The topological polar surface area (TPSA) is 97.6 Å². The van der Waals surface area contributed by atoms with Crippen LogP contribution in [-0.4, -0.2) is 26.1 Å². The molecule has 1 amide bonds. The van der Waals surface area contributed by atoms with Crippen LogP contribution in [-0.2, 0) is 11.2 Å². The van der Waals surface area contributed by atoms with E-state index in [1.54, 1.807) is 6.20 Å². The Labute approximate surface area is 73.2 Å². The summed E-state index contributed by atoms with van der Waals surface area (Å²) in [6, 6.07) is 0. The molecule has 0 aliphatic carbocycles. The summed E-state index contributed by atoms with van der Waals surface area (Å²) in [5.74, 6) is -0.413. The third-order valence-corrected chi connectivity index (χ3v) is 1.64. The first kappa shape index (κ1) is 7.66. The van der Waals surface area contributed by atoms with Gasteiger partial charge in [-0.2, -0.15) is 5.10 Å². The molecule has 0 saturated heterocycles. The van der Waals surface area contributed by atoms with E-state index in [9.17, 15) is 4.79 Å². The lowest BCUT2D eigenvalue weighted by atomic mass is 10.2. The van der Waals surface area contributed by atoms with Gasteiger partial charge in [-0.25, -0.2) is 9.97 Å². The molecule has 0 aliphatic heterocycles. The van der Waals surface area contributed by atoms with Crippen molar-refractivity contribution in [3.63, 3.8) is 0 Å². The molecular formula is C7H7N5O. The molecule has 0 radical (unpaired) electrons. The summed E-state index contributed by atoms with van der Waals surface area (Å²) in [7, 11) is 0. The van der Waals surface area contributed by atoms with Crippen molar-refractivity contribution in [3.05, 3.63) is 18.2 Å². The fraction of sp³-hybridized carbons (Fsp3) is 0.143. The quantitative estimate of drug-likeness (QED) is 0.638. The molecular weight excluding hydrogens is 170 g/mol.